The van der Waals surface area contributed by atoms with Crippen LogP contribution in [0.4, 0.5) is 34.8 Å². The number of pyridine rings is 1. The van der Waals surface area contributed by atoms with E-state index in [2.05, 4.69) is 20.5 Å². The molecule has 0 bridgehead atoms. The van der Waals surface area contributed by atoms with Crippen LogP contribution in [0.25, 0.3) is 0 Å². The lowest BCUT2D eigenvalue weighted by Crippen LogP contribution is -2.36. The molecule has 0 spiro atoms. The Morgan fingerprint density at radius 2 is 1.70 bits per heavy atom. The molecule has 1 aliphatic heterocycles. The molecule has 3 aromatic rings. The van der Waals surface area contributed by atoms with Crippen LogP contribution in [0.15, 0.2) is 54.7 Å². The second-order valence-corrected chi connectivity index (χ2v) is 9.12. The highest BCUT2D eigenvalue weighted by molar-refractivity contribution is 6.30. The Morgan fingerprint density at radius 1 is 1.02 bits per heavy atom. The van der Waals surface area contributed by atoms with Crippen molar-refractivity contribution in [2.75, 3.05) is 55.0 Å². The summed E-state index contributed by atoms with van der Waals surface area (Å²) in [4.78, 5) is 41.1. The third-order valence-corrected chi connectivity index (χ3v) is 5.87. The van der Waals surface area contributed by atoms with Crippen LogP contribution < -0.4 is 26.0 Å². The number of morpholine rings is 1. The molecule has 1 fully saturated rings. The van der Waals surface area contributed by atoms with Crippen molar-refractivity contribution in [1.82, 2.24) is 4.98 Å². The van der Waals surface area contributed by atoms with Crippen LogP contribution in [-0.4, -0.2) is 73.5 Å². The van der Waals surface area contributed by atoms with E-state index in [1.54, 1.807) is 18.2 Å². The molecule has 1 aliphatic rings. The van der Waals surface area contributed by atoms with E-state index in [4.69, 9.17) is 36.7 Å². The predicted molar refractivity (Wildman–Crippen MR) is 149 cm³/mol. The number of nitrogens with zero attached hydrogens (tertiary/aromatic N) is 2. The van der Waals surface area contributed by atoms with Gasteiger partial charge in [-0.2, -0.15) is 13.2 Å². The molecule has 0 unspecified atom stereocenters. The molecule has 0 aliphatic carbocycles. The fraction of sp³-hybridized carbons (Fsp3) is 0.259. The number of rotatable bonds is 8. The number of hydrogen-bond acceptors (Lipinski definition) is 8. The first-order chi connectivity index (χ1) is 20.4. The molecule has 1 saturated heterocycles. The molecule has 2 amide bonds. The number of ether oxygens (including phenoxy) is 2. The third kappa shape index (κ3) is 9.80. The molecule has 16 heteroatoms. The summed E-state index contributed by atoms with van der Waals surface area (Å²) in [5, 5.41) is 12.8. The molecular formula is C27H26ClF4N5O6. The number of aliphatic carboxylic acids is 1. The van der Waals surface area contributed by atoms with Gasteiger partial charge in [0.1, 0.15) is 24.0 Å². The van der Waals surface area contributed by atoms with Gasteiger partial charge < -0.3 is 35.8 Å². The maximum absolute atomic E-state index is 14.0. The molecule has 4 rings (SSSR count). The Hall–Kier alpha value is -4.47. The molecule has 43 heavy (non-hydrogen) atoms. The summed E-state index contributed by atoms with van der Waals surface area (Å²) in [7, 11) is 0. The minimum Gasteiger partial charge on any atom is -0.491 e. The normalized spacial score (nSPS) is 12.9. The summed E-state index contributed by atoms with van der Waals surface area (Å²) in [6, 6.07) is 11.8. The van der Waals surface area contributed by atoms with Crippen LogP contribution in [0, 0.1) is 5.82 Å². The molecule has 5 N–H and O–H groups in total. The zero-order valence-corrected chi connectivity index (χ0v) is 23.0. The summed E-state index contributed by atoms with van der Waals surface area (Å²) >= 11 is 5.83. The molecule has 2 heterocycles. The van der Waals surface area contributed by atoms with Crippen LogP contribution in [0.3, 0.4) is 0 Å². The minimum atomic E-state index is -5.08. The van der Waals surface area contributed by atoms with Gasteiger partial charge in [-0.05, 0) is 42.5 Å². The third-order valence-electron chi connectivity index (χ3n) is 5.65. The highest BCUT2D eigenvalue weighted by Crippen LogP contribution is 2.28. The second kappa shape index (κ2) is 15.1. The van der Waals surface area contributed by atoms with Gasteiger partial charge in [0.15, 0.2) is 0 Å². The Labute approximate surface area is 247 Å². The number of carbonyl (C=O) groups is 3. The van der Waals surface area contributed by atoms with Crippen molar-refractivity contribution >= 4 is 46.6 Å². The van der Waals surface area contributed by atoms with Crippen LogP contribution in [0.5, 0.6) is 5.75 Å². The molecule has 230 valence electrons. The smallest absolute Gasteiger partial charge is 0.490 e. The topological polar surface area (TPSA) is 156 Å². The number of nitrogens with one attached hydrogen (secondary N) is 2. The van der Waals surface area contributed by atoms with Crippen molar-refractivity contribution in [1.29, 1.82) is 0 Å². The Morgan fingerprint density at radius 3 is 2.30 bits per heavy atom. The van der Waals surface area contributed by atoms with Crippen molar-refractivity contribution in [2.24, 2.45) is 5.73 Å². The number of carboxylic acids is 1. The Kier molecular flexibility index (Phi) is 11.6. The van der Waals surface area contributed by atoms with Gasteiger partial charge in [-0.3, -0.25) is 9.59 Å². The molecular weight excluding hydrogens is 602 g/mol. The average Bonchev–Trinajstić information content (AvgIpc) is 2.98. The average molecular weight is 628 g/mol. The monoisotopic (exact) mass is 627 g/mol. The first kappa shape index (κ1) is 33.0. The fourth-order valence-corrected chi connectivity index (χ4v) is 3.75. The summed E-state index contributed by atoms with van der Waals surface area (Å²) in [6.45, 7) is 3.15. The van der Waals surface area contributed by atoms with E-state index in [1.165, 1.54) is 18.3 Å². The number of alkyl halides is 3. The van der Waals surface area contributed by atoms with E-state index in [0.717, 1.165) is 30.9 Å². The Bertz CT molecular complexity index is 1440. The highest BCUT2D eigenvalue weighted by atomic mass is 35.5. The van der Waals surface area contributed by atoms with E-state index in [-0.39, 0.29) is 35.8 Å². The van der Waals surface area contributed by atoms with Gasteiger partial charge in [-0.15, -0.1) is 0 Å². The van der Waals surface area contributed by atoms with Gasteiger partial charge in [0.25, 0.3) is 11.8 Å². The number of benzene rings is 2. The van der Waals surface area contributed by atoms with Crippen LogP contribution in [-0.2, 0) is 9.53 Å². The number of aromatic nitrogens is 1. The van der Waals surface area contributed by atoms with E-state index in [9.17, 15) is 27.2 Å². The molecule has 1 aromatic heterocycles. The lowest BCUT2D eigenvalue weighted by molar-refractivity contribution is -0.192. The van der Waals surface area contributed by atoms with Crippen LogP contribution >= 0.6 is 11.6 Å². The maximum Gasteiger partial charge on any atom is 0.490 e. The van der Waals surface area contributed by atoms with E-state index in [1.807, 2.05) is 6.07 Å². The minimum absolute atomic E-state index is 0.0746. The lowest BCUT2D eigenvalue weighted by Gasteiger charge is -2.29. The second-order valence-electron chi connectivity index (χ2n) is 8.68. The van der Waals surface area contributed by atoms with E-state index >= 15 is 0 Å². The molecule has 11 nitrogen and oxygen atoms in total. The highest BCUT2D eigenvalue weighted by Gasteiger charge is 2.38. The van der Waals surface area contributed by atoms with Crippen molar-refractivity contribution in [3.8, 4) is 5.75 Å². The summed E-state index contributed by atoms with van der Waals surface area (Å²) in [5.41, 5.74) is 6.78. The number of carbonyl (C=O) groups excluding carboxylic acids is 2. The zero-order chi connectivity index (χ0) is 31.6. The van der Waals surface area contributed by atoms with Gasteiger partial charge in [-0.25, -0.2) is 14.2 Å². The van der Waals surface area contributed by atoms with Crippen molar-refractivity contribution in [3.63, 3.8) is 0 Å². The molecule has 0 saturated carbocycles. The van der Waals surface area contributed by atoms with Crippen LogP contribution in [0.1, 0.15) is 20.7 Å². The number of nitrogens with two attached hydrogens (primary N) is 1. The first-order valence-corrected chi connectivity index (χ1v) is 12.9. The quantitative estimate of drug-likeness (QED) is 0.269. The van der Waals surface area contributed by atoms with Gasteiger partial charge in [0.2, 0.25) is 0 Å². The van der Waals surface area contributed by atoms with Gasteiger partial charge in [0, 0.05) is 37.6 Å². The lowest BCUT2D eigenvalue weighted by atomic mass is 10.1. The first-order valence-electron chi connectivity index (χ1n) is 12.5. The van der Waals surface area contributed by atoms with Crippen LogP contribution in [0.2, 0.25) is 5.02 Å². The number of carboxylic acid groups (broad SMARTS) is 1. The van der Waals surface area contributed by atoms with Crippen molar-refractivity contribution < 1.29 is 46.5 Å². The number of amides is 2. The van der Waals surface area contributed by atoms with E-state index in [0.29, 0.717) is 24.0 Å². The standard InChI is InChI=1S/C25H25ClFN5O4.C2HF3O2/c26-16-1-6-23(29-15-16)31-25(34)20-13-17(27)2-5-21(20)30-24(33)19-4-3-18(14-22(19)36-10-7-28)32-8-11-35-12-9-32;3-2(4,5)1(6)7/h1-6,13-15H,7-12,28H2,(H,30,33)(H,29,31,34);(H,6,7). The van der Waals surface area contributed by atoms with Gasteiger partial charge >= 0.3 is 12.1 Å². The molecule has 2 aromatic carbocycles. The van der Waals surface area contributed by atoms with Crippen molar-refractivity contribution in [2.45, 2.75) is 6.18 Å². The van der Waals surface area contributed by atoms with Gasteiger partial charge in [-0.1, -0.05) is 11.6 Å². The zero-order valence-electron chi connectivity index (χ0n) is 22.3. The molecule has 0 atom stereocenters. The Balaban J connectivity index is 0.000000646. The number of halogens is 5. The number of hydrogen-bond donors (Lipinski definition) is 4. The van der Waals surface area contributed by atoms with Gasteiger partial charge in [0.05, 0.1) is 35.1 Å². The summed E-state index contributed by atoms with van der Waals surface area (Å²) in [6.07, 6.45) is -3.71. The fourth-order valence-electron chi connectivity index (χ4n) is 3.64. The summed E-state index contributed by atoms with van der Waals surface area (Å²) < 4.78 is 56.9. The SMILES string of the molecule is NCCOc1cc(N2CCOCC2)ccc1C(=O)Nc1ccc(F)cc1C(=O)Nc1ccc(Cl)cn1.O=C(O)C(F)(F)F. The van der Waals surface area contributed by atoms with E-state index < -0.39 is 29.8 Å². The summed E-state index contributed by atoms with van der Waals surface area (Å²) in [5.74, 6) is -4.00. The van der Waals surface area contributed by atoms with Crippen molar-refractivity contribution in [3.05, 3.63) is 76.7 Å². The predicted octanol–water partition coefficient (Wildman–Crippen LogP) is 4.19. The molecule has 0 radical (unpaired) electrons. The number of anilines is 3. The largest absolute Gasteiger partial charge is 0.491 e. The maximum atomic E-state index is 14.0.